The van der Waals surface area contributed by atoms with E-state index >= 15 is 0 Å². The van der Waals surface area contributed by atoms with Gasteiger partial charge in [0.05, 0.1) is 0 Å². The molecule has 0 saturated heterocycles. The summed E-state index contributed by atoms with van der Waals surface area (Å²) in [6, 6.07) is 17.5. The number of halogens is 1. The van der Waals surface area contributed by atoms with Crippen LogP contribution in [-0.2, 0) is 0 Å². The van der Waals surface area contributed by atoms with E-state index in [1.54, 1.807) is 0 Å². The van der Waals surface area contributed by atoms with E-state index in [0.29, 0.717) is 12.1 Å². The van der Waals surface area contributed by atoms with Crippen molar-refractivity contribution in [3.05, 3.63) is 70.2 Å². The van der Waals surface area contributed by atoms with E-state index in [2.05, 4.69) is 76.7 Å². The summed E-state index contributed by atoms with van der Waals surface area (Å²) < 4.78 is 1.03. The van der Waals surface area contributed by atoms with E-state index in [1.165, 1.54) is 29.5 Å². The third-order valence-electron chi connectivity index (χ3n) is 4.49. The SMILES string of the molecule is C[C@@H](NC1C=C(c2ccc(Br)cc2N)CCC1)c1ccccc1. The summed E-state index contributed by atoms with van der Waals surface area (Å²) in [6.45, 7) is 2.23. The summed E-state index contributed by atoms with van der Waals surface area (Å²) in [6.07, 6.45) is 5.84. The fraction of sp³-hybridized carbons (Fsp3) is 0.300. The first-order chi connectivity index (χ1) is 11.1. The zero-order valence-electron chi connectivity index (χ0n) is 13.4. The van der Waals surface area contributed by atoms with Gasteiger partial charge in [-0.05, 0) is 49.5 Å². The Morgan fingerprint density at radius 1 is 1.17 bits per heavy atom. The molecule has 120 valence electrons. The quantitative estimate of drug-likeness (QED) is 0.714. The summed E-state index contributed by atoms with van der Waals surface area (Å²) in [4.78, 5) is 0. The Hall–Kier alpha value is -1.58. The smallest absolute Gasteiger partial charge is 0.0401 e. The summed E-state index contributed by atoms with van der Waals surface area (Å²) in [5, 5.41) is 3.74. The molecule has 0 radical (unpaired) electrons. The van der Waals surface area contributed by atoms with Crippen molar-refractivity contribution in [3.8, 4) is 0 Å². The van der Waals surface area contributed by atoms with Crippen molar-refractivity contribution >= 4 is 27.2 Å². The molecule has 1 aliphatic carbocycles. The molecule has 0 fully saturated rings. The van der Waals surface area contributed by atoms with Crippen LogP contribution in [0.3, 0.4) is 0 Å². The first-order valence-corrected chi connectivity index (χ1v) is 9.00. The van der Waals surface area contributed by atoms with Crippen LogP contribution in [0, 0.1) is 0 Å². The molecule has 1 unspecified atom stereocenters. The molecule has 2 aromatic carbocycles. The number of nitrogens with two attached hydrogens (primary N) is 1. The van der Waals surface area contributed by atoms with E-state index in [-0.39, 0.29) is 0 Å². The minimum absolute atomic E-state index is 0.346. The molecule has 2 nitrogen and oxygen atoms in total. The number of allylic oxidation sites excluding steroid dienone is 1. The molecule has 2 atom stereocenters. The molecule has 2 aromatic rings. The number of hydrogen-bond acceptors (Lipinski definition) is 2. The minimum atomic E-state index is 0.346. The summed E-state index contributed by atoms with van der Waals surface area (Å²) in [5.41, 5.74) is 10.9. The van der Waals surface area contributed by atoms with Crippen molar-refractivity contribution in [1.82, 2.24) is 5.32 Å². The number of hydrogen-bond donors (Lipinski definition) is 2. The second-order valence-electron chi connectivity index (χ2n) is 6.22. The van der Waals surface area contributed by atoms with Crippen LogP contribution < -0.4 is 11.1 Å². The second kappa shape index (κ2) is 7.33. The van der Waals surface area contributed by atoms with Gasteiger partial charge in [0.2, 0.25) is 0 Å². The van der Waals surface area contributed by atoms with Gasteiger partial charge in [0.25, 0.3) is 0 Å². The summed E-state index contributed by atoms with van der Waals surface area (Å²) >= 11 is 3.48. The molecule has 0 spiro atoms. The van der Waals surface area contributed by atoms with E-state index in [9.17, 15) is 0 Å². The highest BCUT2D eigenvalue weighted by molar-refractivity contribution is 9.10. The Morgan fingerprint density at radius 3 is 2.70 bits per heavy atom. The van der Waals surface area contributed by atoms with Crippen molar-refractivity contribution in [2.45, 2.75) is 38.3 Å². The van der Waals surface area contributed by atoms with Crippen molar-refractivity contribution in [1.29, 1.82) is 0 Å². The van der Waals surface area contributed by atoms with Crippen LogP contribution in [0.15, 0.2) is 59.1 Å². The molecule has 0 bridgehead atoms. The molecule has 0 heterocycles. The monoisotopic (exact) mass is 370 g/mol. The van der Waals surface area contributed by atoms with Crippen molar-refractivity contribution in [2.75, 3.05) is 5.73 Å². The number of benzene rings is 2. The molecular formula is C20H23BrN2. The predicted octanol–water partition coefficient (Wildman–Crippen LogP) is 5.32. The van der Waals surface area contributed by atoms with Crippen LogP contribution in [0.2, 0.25) is 0 Å². The third kappa shape index (κ3) is 4.04. The first kappa shape index (κ1) is 16.3. The number of nitrogen functional groups attached to an aromatic ring is 1. The Bertz CT molecular complexity index is 694. The summed E-state index contributed by atoms with van der Waals surface area (Å²) in [7, 11) is 0. The van der Waals surface area contributed by atoms with Gasteiger partial charge in [0.15, 0.2) is 0 Å². The average Bonchev–Trinajstić information content (AvgIpc) is 2.56. The van der Waals surface area contributed by atoms with Gasteiger partial charge in [-0.1, -0.05) is 58.4 Å². The van der Waals surface area contributed by atoms with Crippen molar-refractivity contribution < 1.29 is 0 Å². The molecule has 3 rings (SSSR count). The van der Waals surface area contributed by atoms with Crippen LogP contribution in [-0.4, -0.2) is 6.04 Å². The van der Waals surface area contributed by atoms with Gasteiger partial charge < -0.3 is 11.1 Å². The van der Waals surface area contributed by atoms with Gasteiger partial charge in [0.1, 0.15) is 0 Å². The standard InChI is InChI=1S/C20H23BrN2/c1-14(15-6-3-2-4-7-15)23-18-9-5-8-16(12-18)19-11-10-17(21)13-20(19)22/h2-4,6-7,10-14,18,23H,5,8-9,22H2,1H3/t14-,18?/m1/s1. The lowest BCUT2D eigenvalue weighted by Crippen LogP contribution is -2.31. The van der Waals surface area contributed by atoms with Crippen molar-refractivity contribution in [3.63, 3.8) is 0 Å². The Morgan fingerprint density at radius 2 is 1.96 bits per heavy atom. The third-order valence-corrected chi connectivity index (χ3v) is 4.98. The molecule has 23 heavy (non-hydrogen) atoms. The van der Waals surface area contributed by atoms with Crippen molar-refractivity contribution in [2.24, 2.45) is 0 Å². The zero-order chi connectivity index (χ0) is 16.2. The van der Waals surface area contributed by atoms with Crippen LogP contribution in [0.25, 0.3) is 5.57 Å². The number of anilines is 1. The Balaban J connectivity index is 1.76. The maximum atomic E-state index is 6.20. The molecule has 0 aromatic heterocycles. The van der Waals surface area contributed by atoms with Crippen LogP contribution in [0.1, 0.15) is 43.4 Å². The van der Waals surface area contributed by atoms with E-state index in [0.717, 1.165) is 16.6 Å². The lowest BCUT2D eigenvalue weighted by molar-refractivity contribution is 0.471. The van der Waals surface area contributed by atoms with Gasteiger partial charge in [-0.25, -0.2) is 0 Å². The van der Waals surface area contributed by atoms with Gasteiger partial charge in [-0.2, -0.15) is 0 Å². The highest BCUT2D eigenvalue weighted by Crippen LogP contribution is 2.32. The predicted molar refractivity (Wildman–Crippen MR) is 102 cm³/mol. The molecule has 3 heteroatoms. The van der Waals surface area contributed by atoms with Gasteiger partial charge >= 0.3 is 0 Å². The van der Waals surface area contributed by atoms with Gasteiger partial charge in [0, 0.05) is 27.8 Å². The largest absolute Gasteiger partial charge is 0.398 e. The van der Waals surface area contributed by atoms with Crippen LogP contribution in [0.4, 0.5) is 5.69 Å². The molecule has 0 amide bonds. The lowest BCUT2D eigenvalue weighted by atomic mass is 9.89. The average molecular weight is 371 g/mol. The zero-order valence-corrected chi connectivity index (χ0v) is 15.0. The maximum Gasteiger partial charge on any atom is 0.0401 e. The molecule has 0 saturated carbocycles. The number of rotatable bonds is 4. The van der Waals surface area contributed by atoms with E-state index < -0.39 is 0 Å². The first-order valence-electron chi connectivity index (χ1n) is 8.20. The Labute approximate surface area is 146 Å². The lowest BCUT2D eigenvalue weighted by Gasteiger charge is -2.26. The Kier molecular flexibility index (Phi) is 5.19. The second-order valence-corrected chi connectivity index (χ2v) is 7.14. The fourth-order valence-corrected chi connectivity index (χ4v) is 3.64. The minimum Gasteiger partial charge on any atom is -0.398 e. The van der Waals surface area contributed by atoms with E-state index in [1.807, 2.05) is 6.07 Å². The van der Waals surface area contributed by atoms with Gasteiger partial charge in [-0.15, -0.1) is 0 Å². The normalized spacial score (nSPS) is 19.2. The van der Waals surface area contributed by atoms with Crippen LogP contribution >= 0.6 is 15.9 Å². The topological polar surface area (TPSA) is 38.0 Å². The van der Waals surface area contributed by atoms with Gasteiger partial charge in [-0.3, -0.25) is 0 Å². The highest BCUT2D eigenvalue weighted by atomic mass is 79.9. The fourth-order valence-electron chi connectivity index (χ4n) is 3.26. The van der Waals surface area contributed by atoms with Crippen LogP contribution in [0.5, 0.6) is 0 Å². The summed E-state index contributed by atoms with van der Waals surface area (Å²) in [5.74, 6) is 0. The molecule has 0 aliphatic heterocycles. The highest BCUT2D eigenvalue weighted by Gasteiger charge is 2.18. The van der Waals surface area contributed by atoms with E-state index in [4.69, 9.17) is 5.73 Å². The molecule has 1 aliphatic rings. The molecular weight excluding hydrogens is 348 g/mol. The number of nitrogens with one attached hydrogen (secondary N) is 1. The molecule has 3 N–H and O–H groups in total. The maximum absolute atomic E-state index is 6.20.